The summed E-state index contributed by atoms with van der Waals surface area (Å²) in [6.45, 7) is 1.09. The normalized spacial score (nSPS) is 16.5. The van der Waals surface area contributed by atoms with E-state index in [2.05, 4.69) is 5.32 Å². The molecule has 10 heteroatoms. The van der Waals surface area contributed by atoms with Crippen molar-refractivity contribution < 1.29 is 26.4 Å². The molecule has 0 unspecified atom stereocenters. The van der Waals surface area contributed by atoms with Gasteiger partial charge in [0.2, 0.25) is 15.9 Å². The Morgan fingerprint density at radius 3 is 2.32 bits per heavy atom. The Hall–Kier alpha value is -2.69. The van der Waals surface area contributed by atoms with Crippen molar-refractivity contribution in [3.8, 4) is 0 Å². The van der Waals surface area contributed by atoms with Crippen molar-refractivity contribution in [3.63, 3.8) is 0 Å². The van der Waals surface area contributed by atoms with Crippen LogP contribution in [0.25, 0.3) is 6.08 Å². The number of carbonyl (C=O) groups is 1. The number of nitrogens with zero attached hydrogens (tertiary/aromatic N) is 2. The second-order valence-corrected chi connectivity index (χ2v) is 8.88. The van der Waals surface area contributed by atoms with E-state index in [0.717, 1.165) is 17.7 Å². The minimum absolute atomic E-state index is 0.0377. The van der Waals surface area contributed by atoms with Crippen LogP contribution in [0.4, 0.5) is 18.9 Å². The Bertz CT molecular complexity index is 1030. The third kappa shape index (κ3) is 6.65. The lowest BCUT2D eigenvalue weighted by Crippen LogP contribution is -2.49. The first kappa shape index (κ1) is 23.0. The number of piperazine rings is 1. The molecule has 0 aliphatic carbocycles. The summed E-state index contributed by atoms with van der Waals surface area (Å²) in [6.07, 6.45) is -2.96. The first-order valence-electron chi connectivity index (χ1n) is 9.56. The highest BCUT2D eigenvalue weighted by Crippen LogP contribution is 2.30. The van der Waals surface area contributed by atoms with Gasteiger partial charge in [-0.3, -0.25) is 9.69 Å². The maximum absolute atomic E-state index is 12.8. The third-order valence-corrected chi connectivity index (χ3v) is 6.33. The van der Waals surface area contributed by atoms with Crippen LogP contribution in [0.5, 0.6) is 0 Å². The SMILES string of the molecule is O=C(CN1CCN(S(=O)(=O)/C=C/c2ccccc2)CC1)Nc1cccc(C(F)(F)F)c1. The van der Waals surface area contributed by atoms with E-state index in [1.807, 2.05) is 18.2 Å². The molecule has 1 amide bonds. The third-order valence-electron chi connectivity index (χ3n) is 4.76. The van der Waals surface area contributed by atoms with Crippen molar-refractivity contribution in [2.24, 2.45) is 0 Å². The van der Waals surface area contributed by atoms with Crippen LogP contribution >= 0.6 is 0 Å². The fourth-order valence-corrected chi connectivity index (χ4v) is 4.31. The van der Waals surface area contributed by atoms with Gasteiger partial charge in [-0.25, -0.2) is 8.42 Å². The molecule has 0 saturated carbocycles. The maximum atomic E-state index is 12.8. The summed E-state index contributed by atoms with van der Waals surface area (Å²) < 4.78 is 64.7. The molecule has 0 aromatic heterocycles. The van der Waals surface area contributed by atoms with E-state index in [-0.39, 0.29) is 25.3 Å². The highest BCUT2D eigenvalue weighted by molar-refractivity contribution is 7.92. The molecular weight excluding hydrogens is 431 g/mol. The van der Waals surface area contributed by atoms with E-state index >= 15 is 0 Å². The molecule has 1 N–H and O–H groups in total. The number of amides is 1. The highest BCUT2D eigenvalue weighted by atomic mass is 32.2. The Kier molecular flexibility index (Phi) is 7.14. The lowest BCUT2D eigenvalue weighted by atomic mass is 10.2. The molecule has 1 heterocycles. The van der Waals surface area contributed by atoms with E-state index < -0.39 is 27.7 Å². The van der Waals surface area contributed by atoms with Crippen molar-refractivity contribution in [2.45, 2.75) is 6.18 Å². The lowest BCUT2D eigenvalue weighted by molar-refractivity contribution is -0.137. The summed E-state index contributed by atoms with van der Waals surface area (Å²) in [5.41, 5.74) is -0.00394. The molecule has 6 nitrogen and oxygen atoms in total. The van der Waals surface area contributed by atoms with E-state index in [4.69, 9.17) is 0 Å². The van der Waals surface area contributed by atoms with Crippen LogP contribution in [0.2, 0.25) is 0 Å². The first-order valence-corrected chi connectivity index (χ1v) is 11.1. The quantitative estimate of drug-likeness (QED) is 0.729. The van der Waals surface area contributed by atoms with Crippen LogP contribution in [0, 0.1) is 0 Å². The number of alkyl halides is 3. The standard InChI is InChI=1S/C21H22F3N3O3S/c22-21(23,24)18-7-4-8-19(15-18)25-20(28)16-26-10-12-27(13-11-26)31(29,30)14-9-17-5-2-1-3-6-17/h1-9,14-15H,10-13,16H2,(H,25,28)/b14-9+. The van der Waals surface area contributed by atoms with Gasteiger partial charge in [0, 0.05) is 37.3 Å². The van der Waals surface area contributed by atoms with Gasteiger partial charge in [0.05, 0.1) is 12.1 Å². The minimum Gasteiger partial charge on any atom is -0.325 e. The Labute approximate surface area is 179 Å². The molecule has 0 radical (unpaired) electrons. The number of nitrogens with one attached hydrogen (secondary N) is 1. The molecule has 3 rings (SSSR count). The fourth-order valence-electron chi connectivity index (χ4n) is 3.13. The van der Waals surface area contributed by atoms with E-state index in [9.17, 15) is 26.4 Å². The smallest absolute Gasteiger partial charge is 0.325 e. The van der Waals surface area contributed by atoms with Crippen molar-refractivity contribution >= 4 is 27.7 Å². The Morgan fingerprint density at radius 2 is 1.68 bits per heavy atom. The molecule has 2 aromatic carbocycles. The van der Waals surface area contributed by atoms with E-state index in [0.29, 0.717) is 13.1 Å². The Balaban J connectivity index is 1.51. The number of rotatable bonds is 6. The van der Waals surface area contributed by atoms with Gasteiger partial charge in [-0.15, -0.1) is 0 Å². The summed E-state index contributed by atoms with van der Waals surface area (Å²) in [4.78, 5) is 14.0. The zero-order chi connectivity index (χ0) is 22.5. The minimum atomic E-state index is -4.49. The molecule has 166 valence electrons. The van der Waals surface area contributed by atoms with Crippen molar-refractivity contribution in [2.75, 3.05) is 38.0 Å². The number of benzene rings is 2. The fraction of sp³-hybridized carbons (Fsp3) is 0.286. The van der Waals surface area contributed by atoms with Gasteiger partial charge < -0.3 is 5.32 Å². The van der Waals surface area contributed by atoms with E-state index in [1.54, 1.807) is 17.0 Å². The number of carbonyl (C=O) groups excluding carboxylic acids is 1. The van der Waals surface area contributed by atoms with Crippen LogP contribution in [-0.2, 0) is 21.0 Å². The molecule has 31 heavy (non-hydrogen) atoms. The summed E-state index contributed by atoms with van der Waals surface area (Å²) in [6, 6.07) is 13.5. The van der Waals surface area contributed by atoms with Crippen LogP contribution in [0.1, 0.15) is 11.1 Å². The molecule has 0 atom stereocenters. The number of hydrogen-bond acceptors (Lipinski definition) is 4. The van der Waals surface area contributed by atoms with Gasteiger partial charge in [0.25, 0.3) is 0 Å². The maximum Gasteiger partial charge on any atom is 0.416 e. The second kappa shape index (κ2) is 9.63. The molecule has 1 aliphatic rings. The summed E-state index contributed by atoms with van der Waals surface area (Å²) in [5, 5.41) is 3.62. The lowest BCUT2D eigenvalue weighted by Gasteiger charge is -2.32. The van der Waals surface area contributed by atoms with Gasteiger partial charge in [0.15, 0.2) is 0 Å². The average molecular weight is 453 g/mol. The van der Waals surface area contributed by atoms with Gasteiger partial charge in [-0.2, -0.15) is 17.5 Å². The Morgan fingerprint density at radius 1 is 1.00 bits per heavy atom. The van der Waals surface area contributed by atoms with Crippen molar-refractivity contribution in [1.82, 2.24) is 9.21 Å². The molecule has 2 aromatic rings. The zero-order valence-electron chi connectivity index (χ0n) is 16.5. The van der Waals surface area contributed by atoms with Crippen LogP contribution in [0.15, 0.2) is 60.0 Å². The number of halogens is 3. The predicted octanol–water partition coefficient (Wildman–Crippen LogP) is 3.26. The summed E-state index contributed by atoms with van der Waals surface area (Å²) in [5.74, 6) is -0.459. The van der Waals surface area contributed by atoms with Crippen LogP contribution in [0.3, 0.4) is 0 Å². The number of hydrogen-bond donors (Lipinski definition) is 1. The topological polar surface area (TPSA) is 69.7 Å². The first-order chi connectivity index (χ1) is 14.6. The highest BCUT2D eigenvalue weighted by Gasteiger charge is 2.30. The van der Waals surface area contributed by atoms with Gasteiger partial charge >= 0.3 is 6.18 Å². The molecule has 0 bridgehead atoms. The largest absolute Gasteiger partial charge is 0.416 e. The second-order valence-electron chi connectivity index (χ2n) is 7.06. The molecule has 0 spiro atoms. The van der Waals surface area contributed by atoms with Crippen LogP contribution < -0.4 is 5.32 Å². The number of sulfonamides is 1. The monoisotopic (exact) mass is 453 g/mol. The molecule has 1 aliphatic heterocycles. The van der Waals surface area contributed by atoms with Gasteiger partial charge in [-0.05, 0) is 29.8 Å². The summed E-state index contributed by atoms with van der Waals surface area (Å²) >= 11 is 0. The molecular formula is C21H22F3N3O3S. The average Bonchev–Trinajstić information content (AvgIpc) is 2.73. The number of anilines is 1. The van der Waals surface area contributed by atoms with Crippen molar-refractivity contribution in [1.29, 1.82) is 0 Å². The predicted molar refractivity (Wildman–Crippen MR) is 112 cm³/mol. The van der Waals surface area contributed by atoms with Crippen molar-refractivity contribution in [3.05, 3.63) is 71.1 Å². The summed E-state index contributed by atoms with van der Waals surface area (Å²) in [7, 11) is -3.58. The molecule has 1 fully saturated rings. The van der Waals surface area contributed by atoms with Gasteiger partial charge in [0.1, 0.15) is 0 Å². The van der Waals surface area contributed by atoms with Crippen LogP contribution in [-0.4, -0.2) is 56.3 Å². The van der Waals surface area contributed by atoms with Gasteiger partial charge in [-0.1, -0.05) is 36.4 Å². The van der Waals surface area contributed by atoms with E-state index in [1.165, 1.54) is 27.9 Å². The zero-order valence-corrected chi connectivity index (χ0v) is 17.4. The molecule has 1 saturated heterocycles.